The summed E-state index contributed by atoms with van der Waals surface area (Å²) >= 11 is 3.62. The smallest absolute Gasteiger partial charge is 0.0739 e. The van der Waals surface area contributed by atoms with Crippen LogP contribution in [0.25, 0.3) is 0 Å². The van der Waals surface area contributed by atoms with E-state index in [1.807, 2.05) is 17.7 Å². The summed E-state index contributed by atoms with van der Waals surface area (Å²) < 4.78 is 3.16. The fourth-order valence-electron chi connectivity index (χ4n) is 2.15. The molecule has 0 aliphatic rings. The molecule has 0 aliphatic carbocycles. The Hall–Kier alpha value is -1.13. The molecule has 1 N–H and O–H groups in total. The van der Waals surface area contributed by atoms with Gasteiger partial charge < -0.3 is 5.32 Å². The number of aryl methyl sites for hydroxylation is 2. The molecule has 3 nitrogen and oxygen atoms in total. The van der Waals surface area contributed by atoms with Gasteiger partial charge in [-0.1, -0.05) is 30.3 Å². The van der Waals surface area contributed by atoms with Gasteiger partial charge in [0.1, 0.15) is 0 Å². The van der Waals surface area contributed by atoms with Crippen LogP contribution in [0.4, 0.5) is 0 Å². The van der Waals surface area contributed by atoms with Gasteiger partial charge in [0, 0.05) is 19.1 Å². The molecular weight excluding hydrogens is 302 g/mol. The molecule has 0 saturated carbocycles. The average Bonchev–Trinajstić information content (AvgIpc) is 2.72. The Morgan fingerprint density at radius 3 is 2.63 bits per heavy atom. The second-order valence-electron chi connectivity index (χ2n) is 4.68. The van der Waals surface area contributed by atoms with Crippen LogP contribution >= 0.6 is 15.9 Å². The number of halogens is 1. The fourth-order valence-corrected chi connectivity index (χ4v) is 2.57. The van der Waals surface area contributed by atoms with Crippen LogP contribution in [-0.2, 0) is 13.1 Å². The van der Waals surface area contributed by atoms with Gasteiger partial charge in [0.15, 0.2) is 0 Å². The molecule has 0 aliphatic heterocycles. The third kappa shape index (κ3) is 3.25. The largest absolute Gasteiger partial charge is 0.305 e. The second kappa shape index (κ2) is 6.35. The minimum Gasteiger partial charge on any atom is -0.305 e. The number of nitrogens with one attached hydrogen (secondary N) is 1. The van der Waals surface area contributed by atoms with Crippen molar-refractivity contribution in [1.29, 1.82) is 0 Å². The van der Waals surface area contributed by atoms with Gasteiger partial charge in [0.25, 0.3) is 0 Å². The average molecular weight is 322 g/mol. The number of hydrogen-bond donors (Lipinski definition) is 1. The van der Waals surface area contributed by atoms with Gasteiger partial charge in [0.2, 0.25) is 0 Å². The molecule has 0 amide bonds. The first kappa shape index (κ1) is 14.3. The van der Waals surface area contributed by atoms with E-state index in [0.717, 1.165) is 23.3 Å². The maximum Gasteiger partial charge on any atom is 0.0739 e. The molecule has 0 radical (unpaired) electrons. The van der Waals surface area contributed by atoms with Crippen LogP contribution in [-0.4, -0.2) is 9.78 Å². The first-order valence-electron chi connectivity index (χ1n) is 6.63. The molecule has 2 rings (SSSR count). The van der Waals surface area contributed by atoms with Crippen molar-refractivity contribution in [1.82, 2.24) is 15.1 Å². The van der Waals surface area contributed by atoms with Crippen LogP contribution in [0.2, 0.25) is 0 Å². The highest BCUT2D eigenvalue weighted by molar-refractivity contribution is 9.10. The molecule has 102 valence electrons. The summed E-state index contributed by atoms with van der Waals surface area (Å²) in [5.74, 6) is 0. The highest BCUT2D eigenvalue weighted by Crippen LogP contribution is 2.22. The van der Waals surface area contributed by atoms with E-state index in [9.17, 15) is 0 Å². The summed E-state index contributed by atoms with van der Waals surface area (Å²) in [6.45, 7) is 8.03. The van der Waals surface area contributed by atoms with Crippen molar-refractivity contribution in [2.45, 2.75) is 39.9 Å². The molecule has 4 heteroatoms. The summed E-state index contributed by atoms with van der Waals surface area (Å²) in [5.41, 5.74) is 3.56. The van der Waals surface area contributed by atoms with Crippen LogP contribution in [0.3, 0.4) is 0 Å². The maximum absolute atomic E-state index is 4.51. The third-order valence-corrected chi connectivity index (χ3v) is 4.36. The fraction of sp³-hybridized carbons (Fsp3) is 0.400. The van der Waals surface area contributed by atoms with Crippen molar-refractivity contribution in [3.05, 3.63) is 51.8 Å². The normalized spacial score (nSPS) is 12.6. The number of benzene rings is 1. The van der Waals surface area contributed by atoms with Gasteiger partial charge in [-0.3, -0.25) is 4.68 Å². The SMILES string of the molecule is CCn1nc(C)c(Br)c1CN[C@H](C)c1ccccc1. The third-order valence-electron chi connectivity index (χ3n) is 3.33. The van der Waals surface area contributed by atoms with E-state index in [2.05, 4.69) is 64.5 Å². The summed E-state index contributed by atoms with van der Waals surface area (Å²) in [6.07, 6.45) is 0. The van der Waals surface area contributed by atoms with Crippen LogP contribution in [0.1, 0.15) is 36.8 Å². The van der Waals surface area contributed by atoms with E-state index in [4.69, 9.17) is 0 Å². The van der Waals surface area contributed by atoms with Gasteiger partial charge >= 0.3 is 0 Å². The molecule has 1 atom stereocenters. The highest BCUT2D eigenvalue weighted by Gasteiger charge is 2.13. The van der Waals surface area contributed by atoms with Gasteiger partial charge in [-0.05, 0) is 42.3 Å². The molecule has 19 heavy (non-hydrogen) atoms. The lowest BCUT2D eigenvalue weighted by Gasteiger charge is -2.15. The van der Waals surface area contributed by atoms with Crippen LogP contribution < -0.4 is 5.32 Å². The van der Waals surface area contributed by atoms with E-state index in [0.29, 0.717) is 6.04 Å². The predicted molar refractivity (Wildman–Crippen MR) is 82.0 cm³/mol. The van der Waals surface area contributed by atoms with Crippen molar-refractivity contribution in [2.75, 3.05) is 0 Å². The number of nitrogens with zero attached hydrogens (tertiary/aromatic N) is 2. The zero-order valence-electron chi connectivity index (χ0n) is 11.7. The molecule has 2 aromatic rings. The highest BCUT2D eigenvalue weighted by atomic mass is 79.9. The van der Waals surface area contributed by atoms with Crippen molar-refractivity contribution in [2.24, 2.45) is 0 Å². The zero-order valence-corrected chi connectivity index (χ0v) is 13.2. The Balaban J connectivity index is 2.07. The van der Waals surface area contributed by atoms with Gasteiger partial charge in [0.05, 0.1) is 15.9 Å². The Morgan fingerprint density at radius 2 is 2.00 bits per heavy atom. The molecule has 0 bridgehead atoms. The summed E-state index contributed by atoms with van der Waals surface area (Å²) in [6, 6.07) is 10.8. The minimum atomic E-state index is 0.327. The van der Waals surface area contributed by atoms with Crippen LogP contribution in [0.5, 0.6) is 0 Å². The first-order valence-corrected chi connectivity index (χ1v) is 7.43. The zero-order chi connectivity index (χ0) is 13.8. The van der Waals surface area contributed by atoms with Crippen molar-refractivity contribution >= 4 is 15.9 Å². The number of hydrogen-bond acceptors (Lipinski definition) is 2. The summed E-state index contributed by atoms with van der Waals surface area (Å²) in [7, 11) is 0. The van der Waals surface area contributed by atoms with E-state index in [1.54, 1.807) is 0 Å². The Kier molecular flexibility index (Phi) is 4.77. The Labute approximate surface area is 123 Å². The van der Waals surface area contributed by atoms with Crippen molar-refractivity contribution < 1.29 is 0 Å². The van der Waals surface area contributed by atoms with Crippen molar-refractivity contribution in [3.8, 4) is 0 Å². The van der Waals surface area contributed by atoms with E-state index in [-0.39, 0.29) is 0 Å². The molecule has 0 spiro atoms. The quantitative estimate of drug-likeness (QED) is 0.907. The number of aromatic nitrogens is 2. The first-order chi connectivity index (χ1) is 9.13. The molecule has 0 unspecified atom stereocenters. The topological polar surface area (TPSA) is 29.9 Å². The summed E-state index contributed by atoms with van der Waals surface area (Å²) in [5, 5.41) is 8.06. The lowest BCUT2D eigenvalue weighted by molar-refractivity contribution is 0.530. The van der Waals surface area contributed by atoms with Gasteiger partial charge in [-0.25, -0.2) is 0 Å². The molecule has 1 aromatic heterocycles. The Bertz CT molecular complexity index is 534. The van der Waals surface area contributed by atoms with Crippen molar-refractivity contribution in [3.63, 3.8) is 0 Å². The van der Waals surface area contributed by atoms with E-state index in [1.165, 1.54) is 11.3 Å². The van der Waals surface area contributed by atoms with E-state index < -0.39 is 0 Å². The maximum atomic E-state index is 4.51. The molecule has 1 aromatic carbocycles. The Morgan fingerprint density at radius 1 is 1.32 bits per heavy atom. The lowest BCUT2D eigenvalue weighted by Crippen LogP contribution is -2.20. The van der Waals surface area contributed by atoms with Gasteiger partial charge in [-0.2, -0.15) is 5.10 Å². The van der Waals surface area contributed by atoms with Crippen LogP contribution in [0.15, 0.2) is 34.8 Å². The predicted octanol–water partition coefficient (Wildman–Crippen LogP) is 3.82. The molecule has 1 heterocycles. The van der Waals surface area contributed by atoms with Crippen LogP contribution in [0, 0.1) is 6.92 Å². The number of rotatable bonds is 5. The standard InChI is InChI=1S/C15H20BrN3/c1-4-19-14(15(16)12(3)18-19)10-17-11(2)13-8-6-5-7-9-13/h5-9,11,17H,4,10H2,1-3H3/t11-/m1/s1. The molecule has 0 fully saturated rings. The summed E-state index contributed by atoms with van der Waals surface area (Å²) in [4.78, 5) is 0. The monoisotopic (exact) mass is 321 g/mol. The van der Waals surface area contributed by atoms with Gasteiger partial charge in [-0.15, -0.1) is 0 Å². The second-order valence-corrected chi connectivity index (χ2v) is 5.47. The van der Waals surface area contributed by atoms with E-state index >= 15 is 0 Å². The molecular formula is C15H20BrN3. The minimum absolute atomic E-state index is 0.327. The molecule has 0 saturated heterocycles. The lowest BCUT2D eigenvalue weighted by atomic mass is 10.1.